The molecule has 1 aliphatic heterocycles. The van der Waals surface area contributed by atoms with Gasteiger partial charge >= 0.3 is 0 Å². The first-order valence-corrected chi connectivity index (χ1v) is 7.96. The molecule has 96 valence electrons. The van der Waals surface area contributed by atoms with E-state index in [1.165, 1.54) is 11.3 Å². The third kappa shape index (κ3) is 3.04. The molecule has 0 spiro atoms. The Bertz CT molecular complexity index is 490. The van der Waals surface area contributed by atoms with Crippen molar-refractivity contribution in [3.05, 3.63) is 10.7 Å². The van der Waals surface area contributed by atoms with Crippen LogP contribution in [0.25, 0.3) is 0 Å². The van der Waals surface area contributed by atoms with Gasteiger partial charge in [0.05, 0.1) is 10.7 Å². The van der Waals surface area contributed by atoms with Crippen molar-refractivity contribution in [1.82, 2.24) is 15.0 Å². The Morgan fingerprint density at radius 2 is 2.24 bits per heavy atom. The molecule has 0 radical (unpaired) electrons. The summed E-state index contributed by atoms with van der Waals surface area (Å²) in [6.07, 6.45) is 1.90. The van der Waals surface area contributed by atoms with E-state index in [0.717, 1.165) is 24.4 Å². The molecule has 0 amide bonds. The fourth-order valence-corrected chi connectivity index (χ4v) is 4.76. The van der Waals surface area contributed by atoms with Crippen molar-refractivity contribution in [2.45, 2.75) is 36.9 Å². The number of aromatic nitrogens is 1. The SMILES string of the molecule is Cc1nc(C)c(S(=O)(=O)NC2CCCNC2)s1. The molecule has 1 saturated heterocycles. The molecule has 2 rings (SSSR count). The lowest BCUT2D eigenvalue weighted by molar-refractivity contribution is 0.429. The van der Waals surface area contributed by atoms with E-state index < -0.39 is 10.0 Å². The molecule has 1 unspecified atom stereocenters. The summed E-state index contributed by atoms with van der Waals surface area (Å²) in [5, 5.41) is 3.97. The van der Waals surface area contributed by atoms with Crippen LogP contribution in [0.3, 0.4) is 0 Å². The van der Waals surface area contributed by atoms with Crippen LogP contribution in [0.4, 0.5) is 0 Å². The van der Waals surface area contributed by atoms with Gasteiger partial charge < -0.3 is 5.32 Å². The van der Waals surface area contributed by atoms with E-state index in [4.69, 9.17) is 0 Å². The third-order valence-electron chi connectivity index (χ3n) is 2.72. The van der Waals surface area contributed by atoms with Crippen molar-refractivity contribution in [3.8, 4) is 0 Å². The molecule has 2 N–H and O–H groups in total. The van der Waals surface area contributed by atoms with Gasteiger partial charge in [-0.25, -0.2) is 18.1 Å². The Balaban J connectivity index is 2.15. The predicted octanol–water partition coefficient (Wildman–Crippen LogP) is 0.790. The van der Waals surface area contributed by atoms with E-state index in [0.29, 0.717) is 16.4 Å². The van der Waals surface area contributed by atoms with Crippen LogP contribution in [0.2, 0.25) is 0 Å². The molecule has 7 heteroatoms. The Hall–Kier alpha value is -0.500. The van der Waals surface area contributed by atoms with E-state index in [-0.39, 0.29) is 6.04 Å². The van der Waals surface area contributed by atoms with Gasteiger partial charge in [0.1, 0.15) is 0 Å². The topological polar surface area (TPSA) is 71.1 Å². The molecular weight excluding hydrogens is 258 g/mol. The highest BCUT2D eigenvalue weighted by Crippen LogP contribution is 2.23. The highest BCUT2D eigenvalue weighted by Gasteiger charge is 2.25. The Morgan fingerprint density at radius 3 is 2.76 bits per heavy atom. The van der Waals surface area contributed by atoms with Crippen molar-refractivity contribution in [1.29, 1.82) is 0 Å². The molecule has 2 heterocycles. The largest absolute Gasteiger partial charge is 0.315 e. The monoisotopic (exact) mass is 275 g/mol. The molecule has 17 heavy (non-hydrogen) atoms. The zero-order chi connectivity index (χ0) is 12.5. The molecule has 0 aliphatic carbocycles. The maximum absolute atomic E-state index is 12.2. The molecule has 1 aliphatic rings. The molecule has 0 saturated carbocycles. The fourth-order valence-electron chi connectivity index (χ4n) is 1.99. The molecule has 1 aromatic rings. The first-order valence-electron chi connectivity index (χ1n) is 5.66. The molecule has 1 atom stereocenters. The quantitative estimate of drug-likeness (QED) is 0.855. The number of hydrogen-bond acceptors (Lipinski definition) is 5. The molecule has 1 fully saturated rings. The summed E-state index contributed by atoms with van der Waals surface area (Å²) in [4.78, 5) is 4.15. The van der Waals surface area contributed by atoms with Crippen LogP contribution < -0.4 is 10.0 Å². The zero-order valence-corrected chi connectivity index (χ0v) is 11.6. The number of nitrogens with one attached hydrogen (secondary N) is 2. The summed E-state index contributed by atoms with van der Waals surface area (Å²) >= 11 is 1.23. The Kier molecular flexibility index (Phi) is 3.82. The van der Waals surface area contributed by atoms with Gasteiger partial charge in [-0.3, -0.25) is 0 Å². The average Bonchev–Trinajstić information content (AvgIpc) is 2.59. The normalized spacial score (nSPS) is 21.6. The van der Waals surface area contributed by atoms with E-state index >= 15 is 0 Å². The molecular formula is C10H17N3O2S2. The number of sulfonamides is 1. The maximum Gasteiger partial charge on any atom is 0.252 e. The lowest BCUT2D eigenvalue weighted by Crippen LogP contribution is -2.45. The lowest BCUT2D eigenvalue weighted by Gasteiger charge is -2.23. The average molecular weight is 275 g/mol. The second-order valence-electron chi connectivity index (χ2n) is 4.27. The van der Waals surface area contributed by atoms with E-state index in [1.54, 1.807) is 6.92 Å². The smallest absolute Gasteiger partial charge is 0.252 e. The Labute approximate surface area is 106 Å². The number of nitrogens with zero attached hydrogens (tertiary/aromatic N) is 1. The van der Waals surface area contributed by atoms with Gasteiger partial charge in [0.15, 0.2) is 4.21 Å². The standard InChI is InChI=1S/C10H17N3O2S2/c1-7-10(16-8(2)12-7)17(14,15)13-9-4-3-5-11-6-9/h9,11,13H,3-6H2,1-2H3. The first kappa shape index (κ1) is 12.9. The van der Waals surface area contributed by atoms with E-state index in [1.807, 2.05) is 6.92 Å². The van der Waals surface area contributed by atoms with Gasteiger partial charge in [-0.15, -0.1) is 11.3 Å². The summed E-state index contributed by atoms with van der Waals surface area (Å²) in [6, 6.07) is -0.00411. The first-order chi connectivity index (χ1) is 7.99. The number of hydrogen-bond donors (Lipinski definition) is 2. The third-order valence-corrected chi connectivity index (χ3v) is 5.93. The highest BCUT2D eigenvalue weighted by atomic mass is 32.2. The van der Waals surface area contributed by atoms with Crippen LogP contribution in [-0.4, -0.2) is 32.5 Å². The van der Waals surface area contributed by atoms with Crippen molar-refractivity contribution in [2.24, 2.45) is 0 Å². The van der Waals surface area contributed by atoms with Crippen LogP contribution in [0.5, 0.6) is 0 Å². The second-order valence-corrected chi connectivity index (χ2v) is 7.38. The number of rotatable bonds is 3. The van der Waals surface area contributed by atoms with Crippen LogP contribution in [0, 0.1) is 13.8 Å². The van der Waals surface area contributed by atoms with Gasteiger partial charge in [0, 0.05) is 12.6 Å². The Morgan fingerprint density at radius 1 is 1.47 bits per heavy atom. The van der Waals surface area contributed by atoms with Crippen LogP contribution >= 0.6 is 11.3 Å². The van der Waals surface area contributed by atoms with Crippen molar-refractivity contribution < 1.29 is 8.42 Å². The molecule has 1 aromatic heterocycles. The lowest BCUT2D eigenvalue weighted by atomic mass is 10.1. The summed E-state index contributed by atoms with van der Waals surface area (Å²) in [5.74, 6) is 0. The van der Waals surface area contributed by atoms with E-state index in [9.17, 15) is 8.42 Å². The summed E-state index contributed by atoms with van der Waals surface area (Å²) < 4.78 is 27.4. The summed E-state index contributed by atoms with van der Waals surface area (Å²) in [6.45, 7) is 5.23. The minimum atomic E-state index is -3.40. The summed E-state index contributed by atoms with van der Waals surface area (Å²) in [5.41, 5.74) is 0.587. The maximum atomic E-state index is 12.2. The van der Waals surface area contributed by atoms with Gasteiger partial charge in [0.25, 0.3) is 10.0 Å². The fraction of sp³-hybridized carbons (Fsp3) is 0.700. The van der Waals surface area contributed by atoms with Crippen molar-refractivity contribution >= 4 is 21.4 Å². The van der Waals surface area contributed by atoms with Gasteiger partial charge in [-0.1, -0.05) is 0 Å². The minimum Gasteiger partial charge on any atom is -0.315 e. The summed E-state index contributed by atoms with van der Waals surface area (Å²) in [7, 11) is -3.40. The highest BCUT2D eigenvalue weighted by molar-refractivity contribution is 7.91. The number of aryl methyl sites for hydroxylation is 2. The molecule has 5 nitrogen and oxygen atoms in total. The molecule has 0 bridgehead atoms. The molecule has 0 aromatic carbocycles. The van der Waals surface area contributed by atoms with Gasteiger partial charge in [0.2, 0.25) is 0 Å². The van der Waals surface area contributed by atoms with Crippen LogP contribution in [0.15, 0.2) is 4.21 Å². The van der Waals surface area contributed by atoms with Crippen molar-refractivity contribution in [3.63, 3.8) is 0 Å². The van der Waals surface area contributed by atoms with Gasteiger partial charge in [-0.05, 0) is 33.2 Å². The number of piperidine rings is 1. The predicted molar refractivity (Wildman–Crippen MR) is 67.8 cm³/mol. The zero-order valence-electron chi connectivity index (χ0n) is 9.99. The van der Waals surface area contributed by atoms with Gasteiger partial charge in [-0.2, -0.15) is 0 Å². The second kappa shape index (κ2) is 5.01. The van der Waals surface area contributed by atoms with Crippen LogP contribution in [-0.2, 0) is 10.0 Å². The minimum absolute atomic E-state index is 0.00411. The van der Waals surface area contributed by atoms with E-state index in [2.05, 4.69) is 15.0 Å². The number of thiazole rings is 1. The van der Waals surface area contributed by atoms with Crippen molar-refractivity contribution in [2.75, 3.05) is 13.1 Å². The van der Waals surface area contributed by atoms with Crippen LogP contribution in [0.1, 0.15) is 23.5 Å².